The van der Waals surface area contributed by atoms with Crippen molar-refractivity contribution in [1.29, 1.82) is 5.26 Å². The summed E-state index contributed by atoms with van der Waals surface area (Å²) in [6.45, 7) is 0. The van der Waals surface area contributed by atoms with Gasteiger partial charge in [-0.1, -0.05) is 60.1 Å². The third-order valence-electron chi connectivity index (χ3n) is 3.63. The highest BCUT2D eigenvalue weighted by Crippen LogP contribution is 2.28. The average Bonchev–Trinajstić information content (AvgIpc) is 2.63. The third kappa shape index (κ3) is 3.15. The zero-order valence-corrected chi connectivity index (χ0v) is 13.4. The second-order valence-corrected chi connectivity index (χ2v) is 5.54. The average molecular weight is 333 g/mol. The maximum Gasteiger partial charge on any atom is 0.256 e. The van der Waals surface area contributed by atoms with Crippen molar-refractivity contribution in [3.63, 3.8) is 0 Å². The summed E-state index contributed by atoms with van der Waals surface area (Å²) in [5.41, 5.74) is 2.99. The van der Waals surface area contributed by atoms with E-state index < -0.39 is 0 Å². The highest BCUT2D eigenvalue weighted by Gasteiger charge is 2.15. The molecule has 0 bridgehead atoms. The lowest BCUT2D eigenvalue weighted by atomic mass is 9.95. The van der Waals surface area contributed by atoms with E-state index in [1.807, 2.05) is 24.3 Å². The molecule has 0 heterocycles. The monoisotopic (exact) mass is 332 g/mol. The predicted molar refractivity (Wildman–Crippen MR) is 96.0 cm³/mol. The van der Waals surface area contributed by atoms with Crippen molar-refractivity contribution in [1.82, 2.24) is 0 Å². The lowest BCUT2D eigenvalue weighted by molar-refractivity contribution is 0.102. The minimum Gasteiger partial charge on any atom is -0.321 e. The van der Waals surface area contributed by atoms with Gasteiger partial charge in [0.15, 0.2) is 0 Å². The molecule has 0 aliphatic heterocycles. The molecule has 3 aromatic carbocycles. The number of rotatable bonds is 3. The van der Waals surface area contributed by atoms with Gasteiger partial charge in [0.2, 0.25) is 0 Å². The van der Waals surface area contributed by atoms with Crippen molar-refractivity contribution in [2.75, 3.05) is 5.32 Å². The quantitative estimate of drug-likeness (QED) is 0.722. The Kier molecular flexibility index (Phi) is 4.60. The van der Waals surface area contributed by atoms with Gasteiger partial charge in [-0.05, 0) is 29.8 Å². The van der Waals surface area contributed by atoms with Crippen LogP contribution in [-0.4, -0.2) is 5.91 Å². The molecule has 0 radical (unpaired) electrons. The molecule has 0 aliphatic rings. The fourth-order valence-corrected chi connectivity index (χ4v) is 2.67. The number of benzene rings is 3. The smallest absolute Gasteiger partial charge is 0.256 e. The van der Waals surface area contributed by atoms with Crippen LogP contribution in [0.5, 0.6) is 0 Å². The van der Waals surface area contributed by atoms with Crippen molar-refractivity contribution in [3.05, 3.63) is 88.9 Å². The van der Waals surface area contributed by atoms with Gasteiger partial charge in [-0.2, -0.15) is 5.26 Å². The Morgan fingerprint density at radius 3 is 2.25 bits per heavy atom. The molecule has 1 amide bonds. The summed E-state index contributed by atoms with van der Waals surface area (Å²) in [7, 11) is 0. The first-order valence-electron chi connectivity index (χ1n) is 7.35. The molecule has 1 N–H and O–H groups in total. The van der Waals surface area contributed by atoms with E-state index in [2.05, 4.69) is 11.4 Å². The standard InChI is InChI=1S/C20H13ClN2O/c21-18-11-5-6-12-19(18)23-20(24)17-10-4-3-9-16(17)15-8-2-1-7-14(15)13-22/h1-12H,(H,23,24). The first-order valence-corrected chi connectivity index (χ1v) is 7.73. The summed E-state index contributed by atoms with van der Waals surface area (Å²) in [4.78, 5) is 12.7. The Hall–Kier alpha value is -3.09. The van der Waals surface area contributed by atoms with Gasteiger partial charge in [-0.15, -0.1) is 0 Å². The van der Waals surface area contributed by atoms with Crippen molar-refractivity contribution < 1.29 is 4.79 Å². The summed E-state index contributed by atoms with van der Waals surface area (Å²) in [6.07, 6.45) is 0. The van der Waals surface area contributed by atoms with E-state index in [-0.39, 0.29) is 5.91 Å². The second kappa shape index (κ2) is 6.99. The predicted octanol–water partition coefficient (Wildman–Crippen LogP) is 5.13. The van der Waals surface area contributed by atoms with E-state index in [1.54, 1.807) is 48.5 Å². The van der Waals surface area contributed by atoms with E-state index in [0.29, 0.717) is 27.4 Å². The number of halogens is 1. The number of nitrogens with one attached hydrogen (secondary N) is 1. The summed E-state index contributed by atoms with van der Waals surface area (Å²) in [5, 5.41) is 12.6. The molecule has 4 heteroatoms. The first-order chi connectivity index (χ1) is 11.7. The number of para-hydroxylation sites is 1. The minimum absolute atomic E-state index is 0.272. The van der Waals surface area contributed by atoms with Crippen LogP contribution in [0.3, 0.4) is 0 Å². The largest absolute Gasteiger partial charge is 0.321 e. The first kappa shape index (κ1) is 15.8. The molecule has 3 nitrogen and oxygen atoms in total. The summed E-state index contributed by atoms with van der Waals surface area (Å²) < 4.78 is 0. The molecular weight excluding hydrogens is 320 g/mol. The summed E-state index contributed by atoms with van der Waals surface area (Å²) >= 11 is 6.10. The Morgan fingerprint density at radius 1 is 0.875 bits per heavy atom. The van der Waals surface area contributed by atoms with Crippen molar-refractivity contribution in [3.8, 4) is 17.2 Å². The molecular formula is C20H13ClN2O. The Labute approximate surface area is 145 Å². The van der Waals surface area contributed by atoms with E-state index >= 15 is 0 Å². The lowest BCUT2D eigenvalue weighted by Crippen LogP contribution is -2.13. The number of carbonyl (C=O) groups excluding carboxylic acids is 1. The van der Waals surface area contributed by atoms with Crippen LogP contribution in [0.1, 0.15) is 15.9 Å². The third-order valence-corrected chi connectivity index (χ3v) is 3.96. The summed E-state index contributed by atoms with van der Waals surface area (Å²) in [5.74, 6) is -0.272. The molecule has 116 valence electrons. The van der Waals surface area contributed by atoms with E-state index in [0.717, 1.165) is 5.56 Å². The van der Waals surface area contributed by atoms with Gasteiger partial charge in [0.25, 0.3) is 5.91 Å². The maximum absolute atomic E-state index is 12.7. The molecule has 3 rings (SSSR count). The number of nitrogens with zero attached hydrogens (tertiary/aromatic N) is 1. The van der Waals surface area contributed by atoms with Gasteiger partial charge in [0, 0.05) is 11.1 Å². The van der Waals surface area contributed by atoms with Gasteiger partial charge < -0.3 is 5.32 Å². The number of carbonyl (C=O) groups is 1. The summed E-state index contributed by atoms with van der Waals surface area (Å²) in [6, 6.07) is 23.6. The van der Waals surface area contributed by atoms with Crippen LogP contribution in [0.2, 0.25) is 5.02 Å². The van der Waals surface area contributed by atoms with Crippen LogP contribution in [0, 0.1) is 11.3 Å². The molecule has 0 saturated carbocycles. The van der Waals surface area contributed by atoms with Crippen LogP contribution in [0.15, 0.2) is 72.8 Å². The van der Waals surface area contributed by atoms with Gasteiger partial charge in [-0.3, -0.25) is 4.79 Å². The van der Waals surface area contributed by atoms with E-state index in [4.69, 9.17) is 11.6 Å². The molecule has 0 atom stereocenters. The van der Waals surface area contributed by atoms with Crippen LogP contribution in [0.25, 0.3) is 11.1 Å². The number of hydrogen-bond donors (Lipinski definition) is 1. The topological polar surface area (TPSA) is 52.9 Å². The minimum atomic E-state index is -0.272. The number of nitriles is 1. The van der Waals surface area contributed by atoms with Crippen LogP contribution in [0.4, 0.5) is 5.69 Å². The number of hydrogen-bond acceptors (Lipinski definition) is 2. The van der Waals surface area contributed by atoms with Gasteiger partial charge >= 0.3 is 0 Å². The molecule has 0 aromatic heterocycles. The van der Waals surface area contributed by atoms with Crippen molar-refractivity contribution in [2.45, 2.75) is 0 Å². The Balaban J connectivity index is 2.03. The Morgan fingerprint density at radius 2 is 1.50 bits per heavy atom. The van der Waals surface area contributed by atoms with Gasteiger partial charge in [0.1, 0.15) is 0 Å². The maximum atomic E-state index is 12.7. The molecule has 3 aromatic rings. The van der Waals surface area contributed by atoms with E-state index in [9.17, 15) is 10.1 Å². The molecule has 0 unspecified atom stereocenters. The fraction of sp³-hybridized carbons (Fsp3) is 0. The molecule has 0 aliphatic carbocycles. The zero-order valence-electron chi connectivity index (χ0n) is 12.7. The SMILES string of the molecule is N#Cc1ccccc1-c1ccccc1C(=O)Nc1ccccc1Cl. The Bertz CT molecular complexity index is 944. The molecule has 0 saturated heterocycles. The van der Waals surface area contributed by atoms with Crippen LogP contribution < -0.4 is 5.32 Å². The zero-order chi connectivity index (χ0) is 16.9. The van der Waals surface area contributed by atoms with Gasteiger partial charge in [0.05, 0.1) is 22.3 Å². The van der Waals surface area contributed by atoms with Crippen LogP contribution in [-0.2, 0) is 0 Å². The normalized spacial score (nSPS) is 10.0. The van der Waals surface area contributed by atoms with Crippen molar-refractivity contribution in [2.24, 2.45) is 0 Å². The number of anilines is 1. The molecule has 24 heavy (non-hydrogen) atoms. The number of amides is 1. The molecule has 0 spiro atoms. The highest BCUT2D eigenvalue weighted by atomic mass is 35.5. The fourth-order valence-electron chi connectivity index (χ4n) is 2.48. The van der Waals surface area contributed by atoms with Gasteiger partial charge in [-0.25, -0.2) is 0 Å². The van der Waals surface area contributed by atoms with Crippen molar-refractivity contribution >= 4 is 23.2 Å². The second-order valence-electron chi connectivity index (χ2n) is 5.14. The van der Waals surface area contributed by atoms with E-state index in [1.165, 1.54) is 0 Å². The van der Waals surface area contributed by atoms with Crippen LogP contribution >= 0.6 is 11.6 Å². The molecule has 0 fully saturated rings. The lowest BCUT2D eigenvalue weighted by Gasteiger charge is -2.12. The highest BCUT2D eigenvalue weighted by molar-refractivity contribution is 6.34.